The van der Waals surface area contributed by atoms with Crippen LogP contribution in [0.2, 0.25) is 0 Å². The Morgan fingerprint density at radius 1 is 0.537 bits per heavy atom. The van der Waals surface area contributed by atoms with Gasteiger partial charge in [0.25, 0.3) is 12.2 Å². The number of unbranched alkanes of at least 4 members (excludes halogenated alkanes) is 3. The second-order valence-corrected chi connectivity index (χ2v) is 12.3. The van der Waals surface area contributed by atoms with Crippen molar-refractivity contribution in [3.63, 3.8) is 0 Å². The van der Waals surface area contributed by atoms with E-state index in [-0.39, 0.29) is 0 Å². The highest BCUT2D eigenvalue weighted by Gasteiger charge is 2.23. The van der Waals surface area contributed by atoms with E-state index < -0.39 is 12.2 Å². The molecule has 2 fully saturated rings. The third kappa shape index (κ3) is 12.2. The first kappa shape index (κ1) is 33.1. The van der Waals surface area contributed by atoms with Gasteiger partial charge in [-0.1, -0.05) is 107 Å². The summed E-state index contributed by atoms with van der Waals surface area (Å²) in [5, 5.41) is 0. The molecule has 41 heavy (non-hydrogen) atoms. The van der Waals surface area contributed by atoms with Gasteiger partial charge >= 0.3 is 0 Å². The Labute approximate surface area is 246 Å². The first-order valence-electron chi connectivity index (χ1n) is 16.1. The summed E-state index contributed by atoms with van der Waals surface area (Å²) in [6, 6.07) is 15.3. The highest BCUT2D eigenvalue weighted by Crippen LogP contribution is 2.39. The highest BCUT2D eigenvalue weighted by atomic mass is 19.3. The molecule has 0 atom stereocenters. The Kier molecular flexibility index (Phi) is 14.7. The lowest BCUT2D eigenvalue weighted by Crippen LogP contribution is -2.13. The molecule has 2 saturated carbocycles. The van der Waals surface area contributed by atoms with Crippen LogP contribution < -0.4 is 0 Å². The van der Waals surface area contributed by atoms with E-state index >= 15 is 0 Å². The van der Waals surface area contributed by atoms with Gasteiger partial charge in [0.05, 0.1) is 0 Å². The number of hydrogen-bond acceptors (Lipinski definition) is 0. The second kappa shape index (κ2) is 18.2. The topological polar surface area (TPSA) is 0 Å². The van der Waals surface area contributed by atoms with Gasteiger partial charge in [0.15, 0.2) is 0 Å². The molecule has 226 valence electrons. The zero-order valence-electron chi connectivity index (χ0n) is 25.2. The quantitative estimate of drug-likeness (QED) is 0.186. The molecule has 0 N–H and O–H groups in total. The lowest BCUT2D eigenvalue weighted by Gasteiger charge is -2.29. The van der Waals surface area contributed by atoms with Crippen molar-refractivity contribution in [2.24, 2.45) is 11.8 Å². The molecule has 0 aromatic heterocycles. The largest absolute Gasteiger partial charge is 0.270 e. The summed E-state index contributed by atoms with van der Waals surface area (Å²) < 4.78 is 48.8. The Morgan fingerprint density at radius 3 is 1.24 bits per heavy atom. The monoisotopic (exact) mass is 570 g/mol. The molecule has 2 aliphatic carbocycles. The predicted molar refractivity (Wildman–Crippen MR) is 166 cm³/mol. The average molecular weight is 571 g/mol. The Balaban J connectivity index is 0.000000226. The van der Waals surface area contributed by atoms with Crippen molar-refractivity contribution in [2.75, 3.05) is 0 Å². The minimum atomic E-state index is -1.63. The first-order chi connectivity index (χ1) is 19.9. The van der Waals surface area contributed by atoms with Gasteiger partial charge in [-0.3, -0.25) is 0 Å². The molecular weight excluding hydrogens is 520 g/mol. The lowest BCUT2D eigenvalue weighted by atomic mass is 9.77. The summed E-state index contributed by atoms with van der Waals surface area (Å²) in [6.45, 7) is 4.51. The van der Waals surface area contributed by atoms with Gasteiger partial charge < -0.3 is 0 Å². The standard InChI is InChI=1S/C19H26F2.C18H24F2/c1-2-3-4-5-15-6-10-17(11-7-15)18-12-8-16(9-13-18)14-19(20)21;1-2-3-4-14-5-9-16(10-6-14)17-11-7-15(8-12-17)13-18(19)20/h8-9,12-15,17H,2-7,10-11H2,1H3;7-8,11-14,16H,2-6,9-10H2,1H3. The highest BCUT2D eigenvalue weighted by molar-refractivity contribution is 5.51. The van der Waals surface area contributed by atoms with Crippen molar-refractivity contribution in [1.29, 1.82) is 0 Å². The van der Waals surface area contributed by atoms with Crippen LogP contribution in [-0.2, 0) is 0 Å². The van der Waals surface area contributed by atoms with Gasteiger partial charge in [0, 0.05) is 12.2 Å². The maximum absolute atomic E-state index is 12.2. The van der Waals surface area contributed by atoms with Crippen molar-refractivity contribution in [3.8, 4) is 0 Å². The van der Waals surface area contributed by atoms with Gasteiger partial charge in [-0.2, -0.15) is 17.6 Å². The SMILES string of the molecule is CCCCC1CCC(c2ccc(C=C(F)F)cc2)CC1.CCCCCC1CCC(c2ccc(C=C(F)F)cc2)CC1. The molecule has 0 spiro atoms. The van der Waals surface area contributed by atoms with E-state index in [1.54, 1.807) is 12.1 Å². The molecule has 0 amide bonds. The zero-order chi connectivity index (χ0) is 29.5. The Hall–Kier alpha value is -2.36. The summed E-state index contributed by atoms with van der Waals surface area (Å²) in [6.07, 6.45) is 18.4. The smallest absolute Gasteiger partial charge is 0.173 e. The van der Waals surface area contributed by atoms with E-state index in [1.165, 1.54) is 107 Å². The lowest BCUT2D eigenvalue weighted by molar-refractivity contribution is 0.303. The van der Waals surface area contributed by atoms with Crippen LogP contribution in [0.15, 0.2) is 60.7 Å². The van der Waals surface area contributed by atoms with Crippen LogP contribution in [0.5, 0.6) is 0 Å². The third-order valence-electron chi connectivity index (χ3n) is 9.24. The first-order valence-corrected chi connectivity index (χ1v) is 16.1. The van der Waals surface area contributed by atoms with E-state index in [0.29, 0.717) is 23.0 Å². The number of rotatable bonds is 11. The zero-order valence-corrected chi connectivity index (χ0v) is 25.2. The fourth-order valence-corrected chi connectivity index (χ4v) is 6.73. The molecule has 0 saturated heterocycles. The third-order valence-corrected chi connectivity index (χ3v) is 9.24. The van der Waals surface area contributed by atoms with Crippen molar-refractivity contribution >= 4 is 12.2 Å². The van der Waals surface area contributed by atoms with Crippen LogP contribution in [-0.4, -0.2) is 0 Å². The number of benzene rings is 2. The van der Waals surface area contributed by atoms with E-state index in [9.17, 15) is 17.6 Å². The summed E-state index contributed by atoms with van der Waals surface area (Å²) in [7, 11) is 0. The fourth-order valence-electron chi connectivity index (χ4n) is 6.73. The molecule has 0 bridgehead atoms. The van der Waals surface area contributed by atoms with Gasteiger partial charge in [-0.05, 0) is 97.3 Å². The van der Waals surface area contributed by atoms with E-state index in [4.69, 9.17) is 0 Å². The normalized spacial score (nSPS) is 22.3. The molecule has 0 nitrogen and oxygen atoms in total. The minimum absolute atomic E-state index is 0.588. The second-order valence-electron chi connectivity index (χ2n) is 12.3. The van der Waals surface area contributed by atoms with Gasteiger partial charge in [0.1, 0.15) is 0 Å². The number of halogens is 4. The van der Waals surface area contributed by atoms with Crippen LogP contribution in [0, 0.1) is 11.8 Å². The number of hydrogen-bond donors (Lipinski definition) is 0. The molecule has 4 rings (SSSR count). The van der Waals surface area contributed by atoms with Crippen molar-refractivity contribution in [1.82, 2.24) is 0 Å². The maximum atomic E-state index is 12.2. The molecule has 0 radical (unpaired) electrons. The van der Waals surface area contributed by atoms with Gasteiger partial charge in [-0.15, -0.1) is 0 Å². The van der Waals surface area contributed by atoms with Crippen LogP contribution in [0.4, 0.5) is 17.6 Å². The van der Waals surface area contributed by atoms with Crippen LogP contribution in [0.25, 0.3) is 12.2 Å². The maximum Gasteiger partial charge on any atom is 0.270 e. The minimum Gasteiger partial charge on any atom is -0.173 e. The Bertz CT molecular complexity index is 1030. The summed E-state index contributed by atoms with van der Waals surface area (Å²) in [5.74, 6) is 3.08. The molecule has 4 heteroatoms. The van der Waals surface area contributed by atoms with Crippen molar-refractivity contribution in [2.45, 2.75) is 122 Å². The molecular formula is C37H50F4. The molecule has 0 aliphatic heterocycles. The Morgan fingerprint density at radius 2 is 0.902 bits per heavy atom. The van der Waals surface area contributed by atoms with Crippen molar-refractivity contribution < 1.29 is 17.6 Å². The molecule has 0 heterocycles. The molecule has 2 aromatic rings. The summed E-state index contributed by atoms with van der Waals surface area (Å²) in [5.41, 5.74) is 3.81. The van der Waals surface area contributed by atoms with Crippen molar-refractivity contribution in [3.05, 3.63) is 82.9 Å². The summed E-state index contributed by atoms with van der Waals surface area (Å²) >= 11 is 0. The molecule has 2 aromatic carbocycles. The van der Waals surface area contributed by atoms with Crippen LogP contribution in [0.1, 0.15) is 144 Å². The summed E-state index contributed by atoms with van der Waals surface area (Å²) in [4.78, 5) is 0. The van der Waals surface area contributed by atoms with Crippen LogP contribution in [0.3, 0.4) is 0 Å². The van der Waals surface area contributed by atoms with Crippen LogP contribution >= 0.6 is 0 Å². The molecule has 2 aliphatic rings. The van der Waals surface area contributed by atoms with E-state index in [2.05, 4.69) is 13.8 Å². The van der Waals surface area contributed by atoms with Gasteiger partial charge in [-0.25, -0.2) is 0 Å². The fraction of sp³-hybridized carbons (Fsp3) is 0.568. The molecule has 0 unspecified atom stereocenters. The van der Waals surface area contributed by atoms with E-state index in [0.717, 1.165) is 24.0 Å². The predicted octanol–water partition coefficient (Wildman–Crippen LogP) is 13.2. The average Bonchev–Trinajstić information content (AvgIpc) is 2.97. The van der Waals surface area contributed by atoms with E-state index in [1.807, 2.05) is 36.4 Å². The van der Waals surface area contributed by atoms with Gasteiger partial charge in [0.2, 0.25) is 0 Å².